The van der Waals surface area contributed by atoms with Gasteiger partial charge in [-0.1, -0.05) is 29.3 Å². The Morgan fingerprint density at radius 3 is 2.35 bits per heavy atom. The number of aromatic nitrogens is 1. The average Bonchev–Trinajstić information content (AvgIpc) is 2.72. The fourth-order valence-electron chi connectivity index (χ4n) is 2.76. The Morgan fingerprint density at radius 1 is 1.04 bits per heavy atom. The van der Waals surface area contributed by atoms with Crippen LogP contribution in [0.1, 0.15) is 16.7 Å². The number of aryl methyl sites for hydroxylation is 3. The third-order valence-electron chi connectivity index (χ3n) is 3.76. The molecule has 0 atom stereocenters. The molecular formula is C17H17NO4S. The van der Waals surface area contributed by atoms with Gasteiger partial charge in [0.15, 0.2) is 15.4 Å². The highest BCUT2D eigenvalue weighted by Crippen LogP contribution is 2.22. The summed E-state index contributed by atoms with van der Waals surface area (Å²) in [6, 6.07) is 10.2. The molecule has 0 N–H and O–H groups in total. The van der Waals surface area contributed by atoms with Crippen molar-refractivity contribution in [2.45, 2.75) is 24.5 Å². The summed E-state index contributed by atoms with van der Waals surface area (Å²) < 4.78 is 31.7. The monoisotopic (exact) mass is 331 g/mol. The van der Waals surface area contributed by atoms with Gasteiger partial charge < -0.3 is 4.42 Å². The number of sulfone groups is 1. The average molecular weight is 331 g/mol. The van der Waals surface area contributed by atoms with E-state index in [1.54, 1.807) is 13.1 Å². The predicted octanol–water partition coefficient (Wildman–Crippen LogP) is 2.72. The summed E-state index contributed by atoms with van der Waals surface area (Å²) in [6.45, 7) is 3.88. The van der Waals surface area contributed by atoms with Gasteiger partial charge in [-0.05, 0) is 31.5 Å². The third kappa shape index (κ3) is 2.94. The SMILES string of the molecule is Cc1cc(C)cc(CS(=O)(=O)c2ccc3c(c2)oc(=O)n3C)c1. The Kier molecular flexibility index (Phi) is 3.64. The normalized spacial score (nSPS) is 12.0. The smallest absolute Gasteiger partial charge is 0.408 e. The minimum atomic E-state index is -3.51. The zero-order valence-electron chi connectivity index (χ0n) is 13.2. The molecule has 1 aromatic heterocycles. The molecule has 0 unspecified atom stereocenters. The van der Waals surface area contributed by atoms with E-state index in [1.165, 1.54) is 16.7 Å². The maximum absolute atomic E-state index is 12.6. The molecule has 0 bridgehead atoms. The first-order valence-corrected chi connectivity index (χ1v) is 8.81. The van der Waals surface area contributed by atoms with E-state index in [4.69, 9.17) is 4.42 Å². The Morgan fingerprint density at radius 2 is 1.70 bits per heavy atom. The molecule has 3 aromatic rings. The van der Waals surface area contributed by atoms with Crippen LogP contribution in [-0.4, -0.2) is 13.0 Å². The van der Waals surface area contributed by atoms with Gasteiger partial charge in [-0.2, -0.15) is 0 Å². The van der Waals surface area contributed by atoms with Crippen molar-refractivity contribution in [2.24, 2.45) is 7.05 Å². The Bertz CT molecular complexity index is 1040. The first-order valence-electron chi connectivity index (χ1n) is 7.16. The third-order valence-corrected chi connectivity index (χ3v) is 5.45. The number of oxazole rings is 1. The second kappa shape index (κ2) is 5.38. The maximum Gasteiger partial charge on any atom is 0.419 e. The van der Waals surface area contributed by atoms with E-state index >= 15 is 0 Å². The van der Waals surface area contributed by atoms with Gasteiger partial charge in [0.1, 0.15) is 0 Å². The maximum atomic E-state index is 12.6. The van der Waals surface area contributed by atoms with Crippen LogP contribution in [-0.2, 0) is 22.6 Å². The molecule has 120 valence electrons. The van der Waals surface area contributed by atoms with E-state index in [1.807, 2.05) is 32.0 Å². The van der Waals surface area contributed by atoms with Crippen molar-refractivity contribution < 1.29 is 12.8 Å². The van der Waals surface area contributed by atoms with Gasteiger partial charge in [-0.3, -0.25) is 4.57 Å². The first-order chi connectivity index (χ1) is 10.8. The lowest BCUT2D eigenvalue weighted by atomic mass is 10.1. The molecule has 0 aliphatic rings. The van der Waals surface area contributed by atoms with Crippen LogP contribution in [0.3, 0.4) is 0 Å². The standard InChI is InChI=1S/C17H17NO4S/c1-11-6-12(2)8-13(7-11)10-23(20,21)14-4-5-15-16(9-14)22-17(19)18(15)3/h4-9H,10H2,1-3H3. The van der Waals surface area contributed by atoms with Crippen LogP contribution in [0.25, 0.3) is 11.1 Å². The largest absolute Gasteiger partial charge is 0.419 e. The lowest BCUT2D eigenvalue weighted by Crippen LogP contribution is -2.08. The molecular weight excluding hydrogens is 314 g/mol. The molecule has 0 saturated carbocycles. The van der Waals surface area contributed by atoms with E-state index in [0.717, 1.165) is 16.7 Å². The zero-order chi connectivity index (χ0) is 16.8. The second-order valence-corrected chi connectivity index (χ2v) is 7.80. The summed E-state index contributed by atoms with van der Waals surface area (Å²) in [4.78, 5) is 11.7. The number of nitrogens with zero attached hydrogens (tertiary/aromatic N) is 1. The zero-order valence-corrected chi connectivity index (χ0v) is 14.0. The van der Waals surface area contributed by atoms with E-state index < -0.39 is 15.6 Å². The number of hydrogen-bond acceptors (Lipinski definition) is 4. The van der Waals surface area contributed by atoms with Gasteiger partial charge in [-0.25, -0.2) is 13.2 Å². The fourth-order valence-corrected chi connectivity index (χ4v) is 4.10. The highest BCUT2D eigenvalue weighted by atomic mass is 32.2. The van der Waals surface area contributed by atoms with E-state index in [9.17, 15) is 13.2 Å². The number of hydrogen-bond donors (Lipinski definition) is 0. The molecule has 0 aliphatic heterocycles. The summed E-state index contributed by atoms with van der Waals surface area (Å²) >= 11 is 0. The number of fused-ring (bicyclic) bond motifs is 1. The molecule has 6 heteroatoms. The van der Waals surface area contributed by atoms with Crippen LogP contribution in [0, 0.1) is 13.8 Å². The number of rotatable bonds is 3. The first kappa shape index (κ1) is 15.6. The van der Waals surface area contributed by atoms with Gasteiger partial charge in [0.2, 0.25) is 0 Å². The summed E-state index contributed by atoms with van der Waals surface area (Å²) in [6.07, 6.45) is 0. The van der Waals surface area contributed by atoms with Crippen molar-refractivity contribution in [3.8, 4) is 0 Å². The highest BCUT2D eigenvalue weighted by molar-refractivity contribution is 7.90. The van der Waals surface area contributed by atoms with Crippen LogP contribution in [0.15, 0.2) is 50.5 Å². The highest BCUT2D eigenvalue weighted by Gasteiger charge is 2.18. The Balaban J connectivity index is 2.03. The molecule has 5 nitrogen and oxygen atoms in total. The fraction of sp³-hybridized carbons (Fsp3) is 0.235. The molecule has 1 heterocycles. The van der Waals surface area contributed by atoms with Crippen molar-refractivity contribution in [2.75, 3.05) is 0 Å². The summed E-state index contributed by atoms with van der Waals surface area (Å²) in [7, 11) is -1.93. The van der Waals surface area contributed by atoms with Gasteiger partial charge in [-0.15, -0.1) is 0 Å². The van der Waals surface area contributed by atoms with Crippen molar-refractivity contribution in [1.29, 1.82) is 0 Å². The van der Waals surface area contributed by atoms with Crippen molar-refractivity contribution in [1.82, 2.24) is 4.57 Å². The Hall–Kier alpha value is -2.34. The molecule has 0 radical (unpaired) electrons. The van der Waals surface area contributed by atoms with Gasteiger partial charge in [0, 0.05) is 13.1 Å². The lowest BCUT2D eigenvalue weighted by Gasteiger charge is -2.07. The summed E-state index contributed by atoms with van der Waals surface area (Å²) in [5.74, 6) is -0.596. The molecule has 3 rings (SSSR count). The molecule has 23 heavy (non-hydrogen) atoms. The van der Waals surface area contributed by atoms with Gasteiger partial charge >= 0.3 is 5.76 Å². The van der Waals surface area contributed by atoms with E-state index in [2.05, 4.69) is 0 Å². The Labute approximate surface area is 134 Å². The molecule has 2 aromatic carbocycles. The molecule has 0 fully saturated rings. The quantitative estimate of drug-likeness (QED) is 0.740. The second-order valence-electron chi connectivity index (χ2n) is 5.81. The minimum Gasteiger partial charge on any atom is -0.408 e. The van der Waals surface area contributed by atoms with Crippen LogP contribution in [0.5, 0.6) is 0 Å². The molecule has 0 spiro atoms. The van der Waals surface area contributed by atoms with Crippen LogP contribution in [0.2, 0.25) is 0 Å². The molecule has 0 saturated heterocycles. The molecule has 0 aliphatic carbocycles. The topological polar surface area (TPSA) is 69.3 Å². The van der Waals surface area contributed by atoms with E-state index in [0.29, 0.717) is 5.52 Å². The number of benzene rings is 2. The predicted molar refractivity (Wildman–Crippen MR) is 88.3 cm³/mol. The van der Waals surface area contributed by atoms with Crippen molar-refractivity contribution in [3.63, 3.8) is 0 Å². The molecule has 0 amide bonds. The lowest BCUT2D eigenvalue weighted by molar-refractivity contribution is 0.527. The van der Waals surface area contributed by atoms with Crippen molar-refractivity contribution >= 4 is 20.9 Å². The van der Waals surface area contributed by atoms with Gasteiger partial charge in [0.05, 0.1) is 16.2 Å². The summed E-state index contributed by atoms with van der Waals surface area (Å²) in [5.41, 5.74) is 3.65. The van der Waals surface area contributed by atoms with Crippen LogP contribution < -0.4 is 5.76 Å². The van der Waals surface area contributed by atoms with Crippen LogP contribution >= 0.6 is 0 Å². The van der Waals surface area contributed by atoms with Crippen molar-refractivity contribution in [3.05, 3.63) is 63.6 Å². The van der Waals surface area contributed by atoms with E-state index in [-0.39, 0.29) is 16.2 Å². The summed E-state index contributed by atoms with van der Waals surface area (Å²) in [5, 5.41) is 0. The van der Waals surface area contributed by atoms with Crippen LogP contribution in [0.4, 0.5) is 0 Å². The van der Waals surface area contributed by atoms with Gasteiger partial charge in [0.25, 0.3) is 0 Å². The minimum absolute atomic E-state index is 0.0852.